The number of amides is 1. The average Bonchev–Trinajstić information content (AvgIpc) is 2.39. The summed E-state index contributed by atoms with van der Waals surface area (Å²) in [4.78, 5) is 34.1. The van der Waals surface area contributed by atoms with Gasteiger partial charge in [-0.1, -0.05) is 13.8 Å². The summed E-state index contributed by atoms with van der Waals surface area (Å²) in [5, 5.41) is 11.5. The standard InChI is InChI=1S/C13H24N2O5/c1-8(2)6-9(7-14)12(17)15-10(13(18)19)4-5-11(16)20-3/h8-10H,4-7,14H2,1-3H3,(H,15,17)(H,18,19)/t9?,10-/m0/s1. The third kappa shape index (κ3) is 7.08. The minimum atomic E-state index is -1.18. The molecule has 7 nitrogen and oxygen atoms in total. The Labute approximate surface area is 118 Å². The number of carbonyl (C=O) groups is 3. The molecular formula is C13H24N2O5. The third-order valence-corrected chi connectivity index (χ3v) is 2.89. The number of hydrogen-bond acceptors (Lipinski definition) is 5. The molecule has 0 aliphatic heterocycles. The molecule has 0 spiro atoms. The van der Waals surface area contributed by atoms with E-state index >= 15 is 0 Å². The van der Waals surface area contributed by atoms with Crippen LogP contribution >= 0.6 is 0 Å². The van der Waals surface area contributed by atoms with E-state index in [1.54, 1.807) is 0 Å². The van der Waals surface area contributed by atoms with Crippen molar-refractivity contribution in [3.05, 3.63) is 0 Å². The van der Waals surface area contributed by atoms with Gasteiger partial charge in [0, 0.05) is 13.0 Å². The Morgan fingerprint density at radius 2 is 1.90 bits per heavy atom. The minimum Gasteiger partial charge on any atom is -0.480 e. The maximum Gasteiger partial charge on any atom is 0.326 e. The fourth-order valence-electron chi connectivity index (χ4n) is 1.79. The topological polar surface area (TPSA) is 119 Å². The summed E-state index contributed by atoms with van der Waals surface area (Å²) in [5.74, 6) is -2.22. The summed E-state index contributed by atoms with van der Waals surface area (Å²) in [6.45, 7) is 4.08. The van der Waals surface area contributed by atoms with Crippen molar-refractivity contribution in [1.29, 1.82) is 0 Å². The lowest BCUT2D eigenvalue weighted by molar-refractivity contribution is -0.144. The van der Waals surface area contributed by atoms with Crippen LogP contribution in [0.25, 0.3) is 0 Å². The quantitative estimate of drug-likeness (QED) is 0.519. The highest BCUT2D eigenvalue weighted by Gasteiger charge is 2.25. The number of carboxylic acids is 1. The van der Waals surface area contributed by atoms with Gasteiger partial charge in [0.1, 0.15) is 6.04 Å². The molecule has 0 aromatic heterocycles. The molecular weight excluding hydrogens is 264 g/mol. The highest BCUT2D eigenvalue weighted by molar-refractivity contribution is 5.85. The van der Waals surface area contributed by atoms with Gasteiger partial charge in [0.2, 0.25) is 5.91 Å². The number of carbonyl (C=O) groups excluding carboxylic acids is 2. The molecule has 2 atom stereocenters. The third-order valence-electron chi connectivity index (χ3n) is 2.89. The smallest absolute Gasteiger partial charge is 0.326 e. The maximum atomic E-state index is 12.0. The van der Waals surface area contributed by atoms with Crippen LogP contribution in [0.3, 0.4) is 0 Å². The molecule has 0 saturated carbocycles. The highest BCUT2D eigenvalue weighted by atomic mass is 16.5. The molecule has 0 aliphatic rings. The normalized spacial score (nSPS) is 13.7. The van der Waals surface area contributed by atoms with Gasteiger partial charge in [0.05, 0.1) is 13.0 Å². The van der Waals surface area contributed by atoms with Gasteiger partial charge in [-0.2, -0.15) is 0 Å². The van der Waals surface area contributed by atoms with Crippen molar-refractivity contribution in [2.75, 3.05) is 13.7 Å². The second-order valence-electron chi connectivity index (χ2n) is 5.08. The van der Waals surface area contributed by atoms with Crippen LogP contribution in [0.5, 0.6) is 0 Å². The lowest BCUT2D eigenvalue weighted by Crippen LogP contribution is -2.45. The zero-order valence-electron chi connectivity index (χ0n) is 12.2. The number of nitrogens with one attached hydrogen (secondary N) is 1. The van der Waals surface area contributed by atoms with Crippen molar-refractivity contribution < 1.29 is 24.2 Å². The molecule has 0 aromatic rings. The Kier molecular flexibility index (Phi) is 8.54. The van der Waals surface area contributed by atoms with Crippen LogP contribution < -0.4 is 11.1 Å². The summed E-state index contributed by atoms with van der Waals surface area (Å²) in [5.41, 5.74) is 5.54. The van der Waals surface area contributed by atoms with Crippen LogP contribution in [0.1, 0.15) is 33.1 Å². The first-order chi connectivity index (χ1) is 9.31. The zero-order valence-corrected chi connectivity index (χ0v) is 12.2. The molecule has 1 amide bonds. The lowest BCUT2D eigenvalue weighted by Gasteiger charge is -2.20. The number of methoxy groups -OCH3 is 1. The van der Waals surface area contributed by atoms with E-state index in [2.05, 4.69) is 10.1 Å². The highest BCUT2D eigenvalue weighted by Crippen LogP contribution is 2.11. The van der Waals surface area contributed by atoms with Gasteiger partial charge in [-0.3, -0.25) is 9.59 Å². The molecule has 4 N–H and O–H groups in total. The van der Waals surface area contributed by atoms with Crippen molar-refractivity contribution >= 4 is 17.8 Å². The predicted octanol–water partition coefficient (Wildman–Crippen LogP) is 0.130. The van der Waals surface area contributed by atoms with Crippen molar-refractivity contribution in [2.24, 2.45) is 17.6 Å². The number of esters is 1. The Hall–Kier alpha value is -1.63. The molecule has 0 bridgehead atoms. The second-order valence-corrected chi connectivity index (χ2v) is 5.08. The Balaban J connectivity index is 4.53. The molecule has 0 aromatic carbocycles. The van der Waals surface area contributed by atoms with Crippen LogP contribution in [0.15, 0.2) is 0 Å². The fraction of sp³-hybridized carbons (Fsp3) is 0.769. The van der Waals surface area contributed by atoms with Gasteiger partial charge >= 0.3 is 11.9 Å². The van der Waals surface area contributed by atoms with E-state index in [-0.39, 0.29) is 25.3 Å². The van der Waals surface area contributed by atoms with E-state index in [9.17, 15) is 14.4 Å². The lowest BCUT2D eigenvalue weighted by atomic mass is 9.96. The second kappa shape index (κ2) is 9.30. The van der Waals surface area contributed by atoms with Gasteiger partial charge in [0.15, 0.2) is 0 Å². The van der Waals surface area contributed by atoms with E-state index < -0.39 is 29.8 Å². The Bertz CT molecular complexity index is 344. The average molecular weight is 288 g/mol. The van der Waals surface area contributed by atoms with Crippen LogP contribution in [0.2, 0.25) is 0 Å². The summed E-state index contributed by atoms with van der Waals surface area (Å²) >= 11 is 0. The van der Waals surface area contributed by atoms with E-state index in [4.69, 9.17) is 10.8 Å². The zero-order chi connectivity index (χ0) is 15.7. The van der Waals surface area contributed by atoms with Crippen LogP contribution in [0, 0.1) is 11.8 Å². The Morgan fingerprint density at radius 1 is 1.30 bits per heavy atom. The van der Waals surface area contributed by atoms with E-state index in [1.165, 1.54) is 7.11 Å². The van der Waals surface area contributed by atoms with Gasteiger partial charge in [-0.05, 0) is 18.8 Å². The molecule has 116 valence electrons. The molecule has 0 fully saturated rings. The summed E-state index contributed by atoms with van der Waals surface area (Å²) in [7, 11) is 1.23. The molecule has 0 aliphatic carbocycles. The number of ether oxygens (including phenoxy) is 1. The number of aliphatic carboxylic acids is 1. The van der Waals surface area contributed by atoms with E-state index in [0.717, 1.165) is 0 Å². The first-order valence-corrected chi connectivity index (χ1v) is 6.61. The fourth-order valence-corrected chi connectivity index (χ4v) is 1.79. The number of carboxylic acid groups (broad SMARTS) is 1. The maximum absolute atomic E-state index is 12.0. The predicted molar refractivity (Wildman–Crippen MR) is 72.8 cm³/mol. The van der Waals surface area contributed by atoms with E-state index in [1.807, 2.05) is 13.8 Å². The van der Waals surface area contributed by atoms with Crippen molar-refractivity contribution in [3.63, 3.8) is 0 Å². The van der Waals surface area contributed by atoms with Gasteiger partial charge in [0.25, 0.3) is 0 Å². The van der Waals surface area contributed by atoms with Gasteiger partial charge < -0.3 is 20.9 Å². The number of rotatable bonds is 9. The molecule has 1 unspecified atom stereocenters. The largest absolute Gasteiger partial charge is 0.480 e. The molecule has 0 saturated heterocycles. The molecule has 7 heteroatoms. The summed E-state index contributed by atoms with van der Waals surface area (Å²) in [6, 6.07) is -1.11. The van der Waals surface area contributed by atoms with Crippen molar-refractivity contribution in [1.82, 2.24) is 5.32 Å². The molecule has 0 heterocycles. The summed E-state index contributed by atoms with van der Waals surface area (Å²) in [6.07, 6.45) is 0.517. The van der Waals surface area contributed by atoms with Gasteiger partial charge in [-0.25, -0.2) is 4.79 Å². The molecule has 0 rings (SSSR count). The van der Waals surface area contributed by atoms with Crippen LogP contribution in [-0.2, 0) is 19.1 Å². The summed E-state index contributed by atoms with van der Waals surface area (Å²) < 4.78 is 4.44. The van der Waals surface area contributed by atoms with Crippen molar-refractivity contribution in [2.45, 2.75) is 39.2 Å². The van der Waals surface area contributed by atoms with E-state index in [0.29, 0.717) is 6.42 Å². The molecule has 20 heavy (non-hydrogen) atoms. The monoisotopic (exact) mass is 288 g/mol. The van der Waals surface area contributed by atoms with Crippen LogP contribution in [0.4, 0.5) is 0 Å². The first kappa shape index (κ1) is 18.4. The van der Waals surface area contributed by atoms with Crippen LogP contribution in [-0.4, -0.2) is 42.6 Å². The van der Waals surface area contributed by atoms with Gasteiger partial charge in [-0.15, -0.1) is 0 Å². The number of hydrogen-bond donors (Lipinski definition) is 3. The minimum absolute atomic E-state index is 0.00723. The molecule has 0 radical (unpaired) electrons. The first-order valence-electron chi connectivity index (χ1n) is 6.61. The van der Waals surface area contributed by atoms with Crippen molar-refractivity contribution in [3.8, 4) is 0 Å². The Morgan fingerprint density at radius 3 is 2.30 bits per heavy atom. The number of nitrogens with two attached hydrogens (primary N) is 1. The SMILES string of the molecule is COC(=O)CC[C@H](NC(=O)C(CN)CC(C)C)C(=O)O.